The first-order valence-electron chi connectivity index (χ1n) is 9.12. The topological polar surface area (TPSA) is 54.4 Å². The Balaban J connectivity index is 1.79. The summed E-state index contributed by atoms with van der Waals surface area (Å²) in [6.45, 7) is 0. The maximum atomic E-state index is 13.5. The van der Waals surface area contributed by atoms with Crippen LogP contribution in [0, 0.1) is 5.92 Å². The van der Waals surface area contributed by atoms with Gasteiger partial charge >= 0.3 is 0 Å². The molecule has 0 heterocycles. The van der Waals surface area contributed by atoms with Crippen LogP contribution < -0.4 is 0 Å². The molecule has 2 atom stereocenters. The summed E-state index contributed by atoms with van der Waals surface area (Å²) in [4.78, 5) is 26.6. The Morgan fingerprint density at radius 1 is 0.704 bits per heavy atom. The van der Waals surface area contributed by atoms with Crippen LogP contribution in [0.25, 0.3) is 0 Å². The van der Waals surface area contributed by atoms with E-state index in [4.69, 9.17) is 0 Å². The molecular weight excluding hydrogens is 336 g/mol. The van der Waals surface area contributed by atoms with Gasteiger partial charge in [-0.3, -0.25) is 9.59 Å². The summed E-state index contributed by atoms with van der Waals surface area (Å²) in [7, 11) is 0. The number of Topliss-reactive ketones (excluding diaryl/α,β-unsaturated/α-hetero) is 2. The molecular formula is C24H18O3. The Kier molecular flexibility index (Phi) is 3.28. The molecule has 0 saturated heterocycles. The van der Waals surface area contributed by atoms with E-state index in [1.807, 2.05) is 60.7 Å². The number of hydrogen-bond acceptors (Lipinski definition) is 3. The molecule has 2 aliphatic rings. The van der Waals surface area contributed by atoms with Gasteiger partial charge in [0.2, 0.25) is 0 Å². The molecule has 132 valence electrons. The van der Waals surface area contributed by atoms with Crippen molar-refractivity contribution in [3.05, 3.63) is 107 Å². The molecule has 2 aliphatic carbocycles. The molecule has 0 spiro atoms. The van der Waals surface area contributed by atoms with Crippen LogP contribution in [0.15, 0.2) is 84.9 Å². The van der Waals surface area contributed by atoms with E-state index in [-0.39, 0.29) is 11.6 Å². The fourth-order valence-corrected chi connectivity index (χ4v) is 4.99. The highest BCUT2D eigenvalue weighted by molar-refractivity contribution is 6.21. The second-order valence-electron chi connectivity index (χ2n) is 7.40. The maximum Gasteiger partial charge on any atom is 0.197 e. The summed E-state index contributed by atoms with van der Waals surface area (Å²) in [5.41, 5.74) is -0.253. The van der Waals surface area contributed by atoms with E-state index in [0.29, 0.717) is 17.5 Å². The van der Waals surface area contributed by atoms with E-state index < -0.39 is 16.9 Å². The van der Waals surface area contributed by atoms with Crippen LogP contribution in [0.1, 0.15) is 38.3 Å². The number of fused-ring (bicyclic) bond motifs is 2. The van der Waals surface area contributed by atoms with Gasteiger partial charge in [0.15, 0.2) is 17.2 Å². The number of aliphatic hydroxyl groups is 1. The molecule has 3 heteroatoms. The average molecular weight is 354 g/mol. The molecule has 5 rings (SSSR count). The SMILES string of the molecule is O=C1c2ccccc2C(=O)[C@@]2(O)[C@@H]1CC2(c1ccccc1)c1ccccc1. The number of benzene rings is 3. The normalized spacial score (nSPS) is 25.3. The molecule has 0 unspecified atom stereocenters. The number of ketones is 2. The standard InChI is InChI=1S/C24H18O3/c25-21-18-13-7-8-14-19(18)22(26)24(27)20(21)15-23(24,16-9-3-1-4-10-16)17-11-5-2-6-12-17/h1-14,20,27H,15H2/t20-,24+/m1/s1. The average Bonchev–Trinajstić information content (AvgIpc) is 2.73. The van der Waals surface area contributed by atoms with Crippen LogP contribution in [0.3, 0.4) is 0 Å². The van der Waals surface area contributed by atoms with E-state index in [0.717, 1.165) is 11.1 Å². The van der Waals surface area contributed by atoms with Crippen LogP contribution in [-0.2, 0) is 5.41 Å². The van der Waals surface area contributed by atoms with Crippen LogP contribution >= 0.6 is 0 Å². The van der Waals surface area contributed by atoms with Crippen LogP contribution in [0.4, 0.5) is 0 Å². The summed E-state index contributed by atoms with van der Waals surface area (Å²) in [5, 5.41) is 11.9. The summed E-state index contributed by atoms with van der Waals surface area (Å²) in [6.07, 6.45) is 0.413. The predicted molar refractivity (Wildman–Crippen MR) is 102 cm³/mol. The quantitative estimate of drug-likeness (QED) is 0.761. The van der Waals surface area contributed by atoms with Gasteiger partial charge in [-0.15, -0.1) is 0 Å². The van der Waals surface area contributed by atoms with E-state index in [9.17, 15) is 14.7 Å². The lowest BCUT2D eigenvalue weighted by Crippen LogP contribution is -2.74. The van der Waals surface area contributed by atoms with E-state index in [2.05, 4.69) is 0 Å². The van der Waals surface area contributed by atoms with Gasteiger partial charge in [-0.2, -0.15) is 0 Å². The highest BCUT2D eigenvalue weighted by atomic mass is 16.3. The van der Waals surface area contributed by atoms with Crippen LogP contribution in [0.2, 0.25) is 0 Å². The third-order valence-corrected chi connectivity index (χ3v) is 6.30. The van der Waals surface area contributed by atoms with Gasteiger partial charge in [-0.1, -0.05) is 84.9 Å². The van der Waals surface area contributed by atoms with E-state index in [1.165, 1.54) is 0 Å². The predicted octanol–water partition coefficient (Wildman–Crippen LogP) is 3.80. The lowest BCUT2D eigenvalue weighted by atomic mass is 9.41. The van der Waals surface area contributed by atoms with Gasteiger partial charge in [0.25, 0.3) is 0 Å². The summed E-state index contributed by atoms with van der Waals surface area (Å²) in [6, 6.07) is 26.0. The monoisotopic (exact) mass is 354 g/mol. The van der Waals surface area contributed by atoms with E-state index >= 15 is 0 Å². The summed E-state index contributed by atoms with van der Waals surface area (Å²) in [5.74, 6) is -1.22. The fraction of sp³-hybridized carbons (Fsp3) is 0.167. The molecule has 3 aromatic carbocycles. The first-order valence-corrected chi connectivity index (χ1v) is 9.12. The summed E-state index contributed by atoms with van der Waals surface area (Å²) >= 11 is 0. The maximum absolute atomic E-state index is 13.5. The van der Waals surface area contributed by atoms with Crippen molar-refractivity contribution >= 4 is 11.6 Å². The van der Waals surface area contributed by atoms with Crippen molar-refractivity contribution in [1.29, 1.82) is 0 Å². The Labute approximate surface area is 157 Å². The van der Waals surface area contributed by atoms with Crippen molar-refractivity contribution in [2.24, 2.45) is 5.92 Å². The molecule has 0 radical (unpaired) electrons. The number of carbonyl (C=O) groups is 2. The molecule has 0 amide bonds. The molecule has 0 aliphatic heterocycles. The van der Waals surface area contributed by atoms with Crippen molar-refractivity contribution in [3.8, 4) is 0 Å². The zero-order chi connectivity index (χ0) is 18.6. The second kappa shape index (κ2) is 5.48. The van der Waals surface area contributed by atoms with Gasteiger partial charge < -0.3 is 5.11 Å². The third-order valence-electron chi connectivity index (χ3n) is 6.30. The highest BCUT2D eigenvalue weighted by Crippen LogP contribution is 2.62. The highest BCUT2D eigenvalue weighted by Gasteiger charge is 2.73. The molecule has 1 fully saturated rings. The summed E-state index contributed by atoms with van der Waals surface area (Å²) < 4.78 is 0. The third kappa shape index (κ3) is 1.84. The lowest BCUT2D eigenvalue weighted by molar-refractivity contribution is -0.107. The van der Waals surface area contributed by atoms with Gasteiger partial charge in [0, 0.05) is 11.1 Å². The zero-order valence-electron chi connectivity index (χ0n) is 14.6. The molecule has 1 N–H and O–H groups in total. The van der Waals surface area contributed by atoms with Crippen molar-refractivity contribution < 1.29 is 14.7 Å². The zero-order valence-corrected chi connectivity index (χ0v) is 14.6. The Hall–Kier alpha value is -3.04. The first kappa shape index (κ1) is 16.2. The minimum Gasteiger partial charge on any atom is -0.380 e. The van der Waals surface area contributed by atoms with E-state index in [1.54, 1.807) is 24.3 Å². The Morgan fingerprint density at radius 3 is 1.74 bits per heavy atom. The molecule has 3 nitrogen and oxygen atoms in total. The molecule has 0 bridgehead atoms. The Bertz CT molecular complexity index is 1020. The second-order valence-corrected chi connectivity index (χ2v) is 7.40. The fourth-order valence-electron chi connectivity index (χ4n) is 4.99. The van der Waals surface area contributed by atoms with Crippen LogP contribution in [-0.4, -0.2) is 22.3 Å². The van der Waals surface area contributed by atoms with Crippen molar-refractivity contribution in [2.45, 2.75) is 17.4 Å². The number of rotatable bonds is 2. The molecule has 0 aromatic heterocycles. The van der Waals surface area contributed by atoms with Crippen molar-refractivity contribution in [3.63, 3.8) is 0 Å². The van der Waals surface area contributed by atoms with Gasteiger partial charge in [0.1, 0.15) is 0 Å². The molecule has 27 heavy (non-hydrogen) atoms. The molecule has 1 saturated carbocycles. The Morgan fingerprint density at radius 2 is 1.19 bits per heavy atom. The smallest absolute Gasteiger partial charge is 0.197 e. The van der Waals surface area contributed by atoms with Gasteiger partial charge in [-0.05, 0) is 17.5 Å². The lowest BCUT2D eigenvalue weighted by Gasteiger charge is -2.61. The molecule has 3 aromatic rings. The first-order chi connectivity index (χ1) is 13.1. The number of carbonyl (C=O) groups excluding carboxylic acids is 2. The van der Waals surface area contributed by atoms with Crippen molar-refractivity contribution in [2.75, 3.05) is 0 Å². The van der Waals surface area contributed by atoms with Crippen molar-refractivity contribution in [1.82, 2.24) is 0 Å². The van der Waals surface area contributed by atoms with Crippen LogP contribution in [0.5, 0.6) is 0 Å². The van der Waals surface area contributed by atoms with Gasteiger partial charge in [0.05, 0.1) is 11.3 Å². The minimum atomic E-state index is -1.78. The number of hydrogen-bond donors (Lipinski definition) is 1. The largest absolute Gasteiger partial charge is 0.380 e. The van der Waals surface area contributed by atoms with Gasteiger partial charge in [-0.25, -0.2) is 0 Å². The minimum absolute atomic E-state index is 0.143.